The second kappa shape index (κ2) is 12.3. The topological polar surface area (TPSA) is 167 Å². The smallest absolute Gasteiger partial charge is 0.290 e. The number of ether oxygens (including phenoxy) is 1. The van der Waals surface area contributed by atoms with Crippen molar-refractivity contribution in [3.05, 3.63) is 42.0 Å². The number of carbonyl (C=O) groups excluding carboxylic acids is 2. The Morgan fingerprint density at radius 2 is 2.13 bits per heavy atom. The minimum atomic E-state index is -0.760. The van der Waals surface area contributed by atoms with Crippen molar-refractivity contribution in [3.8, 4) is 5.75 Å². The third-order valence-corrected chi connectivity index (χ3v) is 4.93. The van der Waals surface area contributed by atoms with E-state index in [0.29, 0.717) is 30.8 Å². The van der Waals surface area contributed by atoms with Crippen molar-refractivity contribution < 1.29 is 29.3 Å². The zero-order valence-electron chi connectivity index (χ0n) is 17.2. The molecule has 1 heterocycles. The first-order chi connectivity index (χ1) is 15.0. The second-order valence-corrected chi connectivity index (χ2v) is 7.04. The number of hydrogen-bond acceptors (Lipinski definition) is 7. The zero-order valence-corrected chi connectivity index (χ0v) is 17.2. The number of aliphatic hydroxyl groups is 1. The fourth-order valence-corrected chi connectivity index (χ4v) is 3.41. The van der Waals surface area contributed by atoms with Crippen molar-refractivity contribution in [2.24, 2.45) is 5.92 Å². The van der Waals surface area contributed by atoms with Crippen molar-refractivity contribution in [2.45, 2.75) is 44.4 Å². The minimum Gasteiger partial charge on any atom is -0.497 e. The lowest BCUT2D eigenvalue weighted by Gasteiger charge is -2.33. The molecule has 168 valence electrons. The van der Waals surface area contributed by atoms with E-state index in [-0.39, 0.29) is 43.2 Å². The van der Waals surface area contributed by atoms with Crippen LogP contribution in [0, 0.1) is 5.92 Å². The number of aliphatic hydroxyl groups excluding tert-OH is 1. The molecule has 0 unspecified atom stereocenters. The van der Waals surface area contributed by atoms with E-state index in [4.69, 9.17) is 14.6 Å². The summed E-state index contributed by atoms with van der Waals surface area (Å²) in [6.07, 6.45) is 2.29. The first-order valence-corrected chi connectivity index (χ1v) is 9.77. The Balaban J connectivity index is 0.00000107. The summed E-state index contributed by atoms with van der Waals surface area (Å²) >= 11 is 0. The summed E-state index contributed by atoms with van der Waals surface area (Å²) < 4.78 is 5.16. The molecule has 2 aromatic rings. The van der Waals surface area contributed by atoms with Gasteiger partial charge < -0.3 is 25.6 Å². The molecule has 2 amide bonds. The van der Waals surface area contributed by atoms with E-state index in [0.717, 1.165) is 5.56 Å². The van der Waals surface area contributed by atoms with Gasteiger partial charge in [-0.1, -0.05) is 12.1 Å². The van der Waals surface area contributed by atoms with Crippen LogP contribution < -0.4 is 15.4 Å². The summed E-state index contributed by atoms with van der Waals surface area (Å²) in [5.74, 6) is 0.696. The number of nitrogens with one attached hydrogen (secondary N) is 3. The lowest BCUT2D eigenvalue weighted by atomic mass is 9.83. The van der Waals surface area contributed by atoms with Crippen molar-refractivity contribution >= 4 is 18.3 Å². The molecule has 0 aliphatic heterocycles. The van der Waals surface area contributed by atoms with Gasteiger partial charge in [-0.2, -0.15) is 5.10 Å². The van der Waals surface area contributed by atoms with Crippen molar-refractivity contribution in [2.75, 3.05) is 7.11 Å². The predicted octanol–water partition coefficient (Wildman–Crippen LogP) is 0.0188. The number of carbonyl (C=O) groups is 3. The number of methoxy groups -OCH3 is 1. The Morgan fingerprint density at radius 1 is 1.35 bits per heavy atom. The number of aromatic nitrogens is 3. The maximum Gasteiger partial charge on any atom is 0.290 e. The first-order valence-electron chi connectivity index (χ1n) is 9.77. The monoisotopic (exact) mass is 433 g/mol. The molecular formula is C20H27N5O6. The number of H-pyrrole nitrogens is 1. The maximum absolute atomic E-state index is 12.3. The molecular weight excluding hydrogens is 406 g/mol. The van der Waals surface area contributed by atoms with Crippen LogP contribution in [0.15, 0.2) is 30.6 Å². The van der Waals surface area contributed by atoms with Crippen LogP contribution in [-0.2, 0) is 27.3 Å². The van der Waals surface area contributed by atoms with Gasteiger partial charge in [0.05, 0.1) is 32.2 Å². The lowest BCUT2D eigenvalue weighted by Crippen LogP contribution is -2.49. The van der Waals surface area contributed by atoms with Gasteiger partial charge in [0.15, 0.2) is 0 Å². The van der Waals surface area contributed by atoms with E-state index < -0.39 is 6.10 Å². The molecule has 3 atom stereocenters. The largest absolute Gasteiger partial charge is 0.497 e. The first kappa shape index (κ1) is 23.8. The molecule has 1 aromatic heterocycles. The van der Waals surface area contributed by atoms with Crippen LogP contribution in [0.25, 0.3) is 0 Å². The van der Waals surface area contributed by atoms with E-state index in [1.54, 1.807) is 7.11 Å². The standard InChI is InChI=1S/C19H25N5O4.CH2O2/c1-28-14-4-2-3-12(7-14)8-18(26)23-15-6-5-13(9-16(15)25)19(27)20-10-17-21-11-22-24-17;2-1-3/h2-4,7,11,13,15-16,25H,5-6,8-10H2,1H3,(H,20,27)(H,23,26)(H,21,22,24);1H,(H,2,3)/t13-,15+,16+;/m0./s1. The molecule has 0 saturated heterocycles. The molecule has 1 saturated carbocycles. The van der Waals surface area contributed by atoms with Crippen molar-refractivity contribution in [3.63, 3.8) is 0 Å². The Labute approximate surface area is 179 Å². The average Bonchev–Trinajstić information content (AvgIpc) is 3.28. The van der Waals surface area contributed by atoms with Crippen LogP contribution in [0.3, 0.4) is 0 Å². The Kier molecular flexibility index (Phi) is 9.43. The van der Waals surface area contributed by atoms with E-state index in [9.17, 15) is 14.7 Å². The SMILES string of the molecule is COc1cccc(CC(=O)N[C@@H]2CC[C@H](C(=O)NCc3ncn[nH]3)C[C@H]2O)c1.O=CO. The van der Waals surface area contributed by atoms with Gasteiger partial charge in [0.1, 0.15) is 17.9 Å². The summed E-state index contributed by atoms with van der Waals surface area (Å²) in [7, 11) is 1.58. The van der Waals surface area contributed by atoms with Gasteiger partial charge >= 0.3 is 0 Å². The number of carboxylic acid groups (broad SMARTS) is 1. The van der Waals surface area contributed by atoms with E-state index in [1.165, 1.54) is 6.33 Å². The Bertz CT molecular complexity index is 844. The van der Waals surface area contributed by atoms with Gasteiger partial charge in [-0.05, 0) is 37.0 Å². The number of hydrogen-bond donors (Lipinski definition) is 5. The Hall–Kier alpha value is -3.47. The van der Waals surface area contributed by atoms with Gasteiger partial charge in [0, 0.05) is 5.92 Å². The molecule has 31 heavy (non-hydrogen) atoms. The van der Waals surface area contributed by atoms with Crippen LogP contribution in [0.1, 0.15) is 30.7 Å². The number of nitrogens with zero attached hydrogens (tertiary/aromatic N) is 2. The van der Waals surface area contributed by atoms with Gasteiger partial charge in [-0.25, -0.2) is 4.98 Å². The molecule has 1 aliphatic rings. The molecule has 5 N–H and O–H groups in total. The molecule has 3 rings (SSSR count). The van der Waals surface area contributed by atoms with Crippen LogP contribution >= 0.6 is 0 Å². The molecule has 0 spiro atoms. The molecule has 0 radical (unpaired) electrons. The second-order valence-electron chi connectivity index (χ2n) is 7.04. The molecule has 1 aromatic carbocycles. The molecule has 11 heteroatoms. The highest BCUT2D eigenvalue weighted by molar-refractivity contribution is 5.80. The fourth-order valence-electron chi connectivity index (χ4n) is 3.41. The van der Waals surface area contributed by atoms with Crippen LogP contribution in [0.2, 0.25) is 0 Å². The summed E-state index contributed by atoms with van der Waals surface area (Å²) in [5.41, 5.74) is 0.840. The van der Waals surface area contributed by atoms with E-state index in [1.807, 2.05) is 24.3 Å². The number of rotatable bonds is 7. The zero-order chi connectivity index (χ0) is 22.6. The van der Waals surface area contributed by atoms with Gasteiger partial charge in [-0.15, -0.1) is 0 Å². The highest BCUT2D eigenvalue weighted by atomic mass is 16.5. The number of benzene rings is 1. The van der Waals surface area contributed by atoms with Crippen molar-refractivity contribution in [1.29, 1.82) is 0 Å². The lowest BCUT2D eigenvalue weighted by molar-refractivity contribution is -0.128. The molecule has 11 nitrogen and oxygen atoms in total. The summed E-state index contributed by atoms with van der Waals surface area (Å²) in [6.45, 7) is 0.0200. The molecule has 1 fully saturated rings. The quantitative estimate of drug-likeness (QED) is 0.381. The maximum atomic E-state index is 12.3. The highest BCUT2D eigenvalue weighted by Gasteiger charge is 2.33. The third kappa shape index (κ3) is 7.70. The van der Waals surface area contributed by atoms with Crippen LogP contribution in [-0.4, -0.2) is 62.9 Å². The predicted molar refractivity (Wildman–Crippen MR) is 109 cm³/mol. The average molecular weight is 433 g/mol. The summed E-state index contributed by atoms with van der Waals surface area (Å²) in [5, 5.41) is 29.4. The number of aromatic amines is 1. The third-order valence-electron chi connectivity index (χ3n) is 4.93. The summed E-state index contributed by atoms with van der Waals surface area (Å²) in [6, 6.07) is 6.97. The van der Waals surface area contributed by atoms with Gasteiger partial charge in [0.25, 0.3) is 6.47 Å². The van der Waals surface area contributed by atoms with Crippen LogP contribution in [0.4, 0.5) is 0 Å². The molecule has 1 aliphatic carbocycles. The van der Waals surface area contributed by atoms with E-state index in [2.05, 4.69) is 25.8 Å². The van der Waals surface area contributed by atoms with Gasteiger partial charge in [0.2, 0.25) is 11.8 Å². The van der Waals surface area contributed by atoms with Crippen molar-refractivity contribution in [1.82, 2.24) is 25.8 Å². The fraction of sp³-hybridized carbons (Fsp3) is 0.450. The molecule has 0 bridgehead atoms. The summed E-state index contributed by atoms with van der Waals surface area (Å²) in [4.78, 5) is 36.9. The van der Waals surface area contributed by atoms with Crippen LogP contribution in [0.5, 0.6) is 5.75 Å². The number of amides is 2. The Morgan fingerprint density at radius 3 is 2.77 bits per heavy atom. The van der Waals surface area contributed by atoms with Gasteiger partial charge in [-0.3, -0.25) is 19.5 Å². The highest BCUT2D eigenvalue weighted by Crippen LogP contribution is 2.25. The normalized spacial score (nSPS) is 20.0. The minimum absolute atomic E-state index is 0.128. The van der Waals surface area contributed by atoms with E-state index >= 15 is 0 Å².